The van der Waals surface area contributed by atoms with Gasteiger partial charge in [0.05, 0.1) is 0 Å². The van der Waals surface area contributed by atoms with Gasteiger partial charge >= 0.3 is 5.97 Å². The van der Waals surface area contributed by atoms with Gasteiger partial charge in [-0.15, -0.1) is 0 Å². The lowest BCUT2D eigenvalue weighted by Gasteiger charge is -2.14. The van der Waals surface area contributed by atoms with Crippen molar-refractivity contribution in [2.75, 3.05) is 12.0 Å². The van der Waals surface area contributed by atoms with Crippen LogP contribution in [0.4, 0.5) is 0 Å². The highest BCUT2D eigenvalue weighted by atomic mass is 35.5. The minimum absolute atomic E-state index is 0.229. The van der Waals surface area contributed by atoms with E-state index in [2.05, 4.69) is 5.32 Å². The summed E-state index contributed by atoms with van der Waals surface area (Å²) in [7, 11) is 0. The van der Waals surface area contributed by atoms with Crippen LogP contribution in [0.3, 0.4) is 0 Å². The number of aryl methyl sites for hydroxylation is 1. The van der Waals surface area contributed by atoms with Crippen molar-refractivity contribution in [2.24, 2.45) is 0 Å². The quantitative estimate of drug-likeness (QED) is 0.774. The summed E-state index contributed by atoms with van der Waals surface area (Å²) in [6.07, 6.45) is 3.06. The second kappa shape index (κ2) is 8.87. The molecule has 0 aliphatic rings. The number of carboxylic acids is 1. The molecular weight excluding hydrogens is 298 g/mol. The SMILES string of the molecule is CSCC[C@H](NC(=O)CCc1ccccc1Cl)C(=O)O. The molecule has 1 rings (SSSR count). The highest BCUT2D eigenvalue weighted by Crippen LogP contribution is 2.16. The monoisotopic (exact) mass is 315 g/mol. The molecule has 1 aromatic carbocycles. The van der Waals surface area contributed by atoms with Crippen molar-refractivity contribution in [2.45, 2.75) is 25.3 Å². The van der Waals surface area contributed by atoms with E-state index in [1.807, 2.05) is 24.5 Å². The van der Waals surface area contributed by atoms with Crippen LogP contribution in [0, 0.1) is 0 Å². The fourth-order valence-corrected chi connectivity index (χ4v) is 2.41. The van der Waals surface area contributed by atoms with Gasteiger partial charge in [-0.3, -0.25) is 4.79 Å². The topological polar surface area (TPSA) is 66.4 Å². The van der Waals surface area contributed by atoms with Gasteiger partial charge < -0.3 is 10.4 Å². The van der Waals surface area contributed by atoms with Gasteiger partial charge in [0.1, 0.15) is 6.04 Å². The van der Waals surface area contributed by atoms with Gasteiger partial charge in [-0.2, -0.15) is 11.8 Å². The number of carbonyl (C=O) groups excluding carboxylic acids is 1. The van der Waals surface area contributed by atoms with E-state index in [0.717, 1.165) is 5.56 Å². The Morgan fingerprint density at radius 2 is 2.10 bits per heavy atom. The molecule has 0 spiro atoms. The van der Waals surface area contributed by atoms with Gasteiger partial charge in [0.25, 0.3) is 0 Å². The van der Waals surface area contributed by atoms with E-state index < -0.39 is 12.0 Å². The van der Waals surface area contributed by atoms with E-state index in [4.69, 9.17) is 16.7 Å². The molecule has 1 amide bonds. The Hall–Kier alpha value is -1.20. The summed E-state index contributed by atoms with van der Waals surface area (Å²) in [5.41, 5.74) is 0.889. The van der Waals surface area contributed by atoms with Crippen LogP contribution in [0.2, 0.25) is 5.02 Å². The van der Waals surface area contributed by atoms with E-state index in [1.54, 1.807) is 17.8 Å². The van der Waals surface area contributed by atoms with Crippen molar-refractivity contribution in [1.82, 2.24) is 5.32 Å². The van der Waals surface area contributed by atoms with Crippen molar-refractivity contribution in [3.05, 3.63) is 34.9 Å². The van der Waals surface area contributed by atoms with E-state index >= 15 is 0 Å². The van der Waals surface area contributed by atoms with Crippen LogP contribution in [0.25, 0.3) is 0 Å². The zero-order valence-corrected chi connectivity index (χ0v) is 12.8. The summed E-state index contributed by atoms with van der Waals surface area (Å²) in [6.45, 7) is 0. The lowest BCUT2D eigenvalue weighted by Crippen LogP contribution is -2.41. The molecule has 1 aromatic rings. The van der Waals surface area contributed by atoms with Gasteiger partial charge in [0.15, 0.2) is 0 Å². The maximum atomic E-state index is 11.8. The fraction of sp³-hybridized carbons (Fsp3) is 0.429. The summed E-state index contributed by atoms with van der Waals surface area (Å²) in [5.74, 6) is -0.564. The first-order chi connectivity index (χ1) is 9.54. The van der Waals surface area contributed by atoms with Crippen molar-refractivity contribution in [1.29, 1.82) is 0 Å². The number of aliphatic carboxylic acids is 1. The molecule has 110 valence electrons. The predicted molar refractivity (Wildman–Crippen MR) is 82.3 cm³/mol. The maximum Gasteiger partial charge on any atom is 0.326 e. The molecule has 4 nitrogen and oxygen atoms in total. The first-order valence-electron chi connectivity index (χ1n) is 6.29. The predicted octanol–water partition coefficient (Wildman–Crippen LogP) is 2.60. The highest BCUT2D eigenvalue weighted by molar-refractivity contribution is 7.98. The van der Waals surface area contributed by atoms with Crippen LogP contribution >= 0.6 is 23.4 Å². The van der Waals surface area contributed by atoms with E-state index in [9.17, 15) is 9.59 Å². The average molecular weight is 316 g/mol. The number of nitrogens with one attached hydrogen (secondary N) is 1. The summed E-state index contributed by atoms with van der Waals surface area (Å²) in [5, 5.41) is 12.2. The number of amides is 1. The smallest absolute Gasteiger partial charge is 0.326 e. The first-order valence-corrected chi connectivity index (χ1v) is 8.06. The molecule has 0 heterocycles. The van der Waals surface area contributed by atoms with E-state index in [0.29, 0.717) is 23.6 Å². The molecule has 0 radical (unpaired) electrons. The van der Waals surface area contributed by atoms with Crippen LogP contribution in [-0.2, 0) is 16.0 Å². The molecule has 6 heteroatoms. The number of halogens is 1. The molecule has 20 heavy (non-hydrogen) atoms. The van der Waals surface area contributed by atoms with Crippen molar-refractivity contribution in [3.63, 3.8) is 0 Å². The second-order valence-corrected chi connectivity index (χ2v) is 5.72. The van der Waals surface area contributed by atoms with Crippen LogP contribution in [0.1, 0.15) is 18.4 Å². The van der Waals surface area contributed by atoms with Crippen molar-refractivity contribution in [3.8, 4) is 0 Å². The third-order valence-electron chi connectivity index (χ3n) is 2.82. The minimum Gasteiger partial charge on any atom is -0.480 e. The summed E-state index contributed by atoms with van der Waals surface area (Å²) >= 11 is 7.56. The zero-order chi connectivity index (χ0) is 15.0. The van der Waals surface area contributed by atoms with Gasteiger partial charge in [0, 0.05) is 11.4 Å². The number of hydrogen-bond donors (Lipinski definition) is 2. The number of hydrogen-bond acceptors (Lipinski definition) is 3. The Kier molecular flexibility index (Phi) is 7.47. The molecule has 0 saturated heterocycles. The van der Waals surface area contributed by atoms with Crippen molar-refractivity contribution >= 4 is 35.2 Å². The summed E-state index contributed by atoms with van der Waals surface area (Å²) in [6, 6.07) is 6.50. The summed E-state index contributed by atoms with van der Waals surface area (Å²) < 4.78 is 0. The average Bonchev–Trinajstić information content (AvgIpc) is 2.42. The number of thioether (sulfide) groups is 1. The first kappa shape index (κ1) is 16.9. The number of benzene rings is 1. The molecule has 0 saturated carbocycles. The largest absolute Gasteiger partial charge is 0.480 e. The zero-order valence-electron chi connectivity index (χ0n) is 11.3. The molecule has 0 unspecified atom stereocenters. The van der Waals surface area contributed by atoms with Crippen LogP contribution in [0.5, 0.6) is 0 Å². The molecule has 0 aliphatic carbocycles. The maximum absolute atomic E-state index is 11.8. The van der Waals surface area contributed by atoms with Gasteiger partial charge in [0.2, 0.25) is 5.91 Å². The van der Waals surface area contributed by atoms with Gasteiger partial charge in [-0.05, 0) is 36.5 Å². The molecule has 0 bridgehead atoms. The van der Waals surface area contributed by atoms with Crippen LogP contribution in [-0.4, -0.2) is 35.0 Å². The number of rotatable bonds is 8. The van der Waals surface area contributed by atoms with Crippen molar-refractivity contribution < 1.29 is 14.7 Å². The molecule has 1 atom stereocenters. The van der Waals surface area contributed by atoms with Gasteiger partial charge in [-0.25, -0.2) is 4.79 Å². The number of carboxylic acid groups (broad SMARTS) is 1. The van der Waals surface area contributed by atoms with Gasteiger partial charge in [-0.1, -0.05) is 29.8 Å². The molecular formula is C14H18ClNO3S. The van der Waals surface area contributed by atoms with Crippen LogP contribution in [0.15, 0.2) is 24.3 Å². The molecule has 0 aromatic heterocycles. The third-order valence-corrected chi connectivity index (χ3v) is 3.84. The standard InChI is InChI=1S/C14H18ClNO3S/c1-20-9-8-12(14(18)19)16-13(17)7-6-10-4-2-3-5-11(10)15/h2-5,12H,6-9H2,1H3,(H,16,17)(H,18,19)/t12-/m0/s1. The fourth-order valence-electron chi connectivity index (χ4n) is 1.71. The van der Waals surface area contributed by atoms with E-state index in [1.165, 1.54) is 0 Å². The Morgan fingerprint density at radius 1 is 1.40 bits per heavy atom. The Bertz CT molecular complexity index is 467. The lowest BCUT2D eigenvalue weighted by atomic mass is 10.1. The molecule has 2 N–H and O–H groups in total. The normalized spacial score (nSPS) is 11.9. The van der Waals surface area contributed by atoms with Crippen LogP contribution < -0.4 is 5.32 Å². The third kappa shape index (κ3) is 5.84. The highest BCUT2D eigenvalue weighted by Gasteiger charge is 2.19. The summed E-state index contributed by atoms with van der Waals surface area (Å²) in [4.78, 5) is 22.8. The molecule has 0 fully saturated rings. The minimum atomic E-state index is -0.995. The molecule has 0 aliphatic heterocycles. The van der Waals surface area contributed by atoms with E-state index in [-0.39, 0.29) is 12.3 Å². The second-order valence-electron chi connectivity index (χ2n) is 4.33. The Balaban J connectivity index is 2.46. The lowest BCUT2D eigenvalue weighted by molar-refractivity contribution is -0.141. The Labute approximate surface area is 127 Å². The number of carbonyl (C=O) groups is 2. The Morgan fingerprint density at radius 3 is 2.70 bits per heavy atom.